The van der Waals surface area contributed by atoms with Crippen molar-refractivity contribution in [1.29, 1.82) is 0 Å². The fourth-order valence-corrected chi connectivity index (χ4v) is 1.99. The van der Waals surface area contributed by atoms with Crippen LogP contribution >= 0.6 is 0 Å². The summed E-state index contributed by atoms with van der Waals surface area (Å²) in [5.74, 6) is 0.590. The number of hydrogen-bond acceptors (Lipinski definition) is 1. The van der Waals surface area contributed by atoms with E-state index in [0.29, 0.717) is 5.92 Å². The van der Waals surface area contributed by atoms with Crippen molar-refractivity contribution in [2.45, 2.75) is 13.3 Å². The fraction of sp³-hybridized carbons (Fsp3) is 0.364. The smallest absolute Gasteiger partial charge is 0.0307 e. The Morgan fingerprint density at radius 3 is 3.08 bits per heavy atom. The van der Waals surface area contributed by atoms with Crippen LogP contribution in [0.4, 0.5) is 0 Å². The first-order valence-electron chi connectivity index (χ1n) is 4.24. The van der Waals surface area contributed by atoms with E-state index < -0.39 is 0 Å². The Hall–Kier alpha value is -1.11. The van der Waals surface area contributed by atoms with Crippen LogP contribution in [-0.4, -0.2) is 6.21 Å². The van der Waals surface area contributed by atoms with Crippen molar-refractivity contribution in [3.05, 3.63) is 36.6 Å². The molecule has 0 saturated heterocycles. The second kappa shape index (κ2) is 2.19. The highest BCUT2D eigenvalue weighted by Gasteiger charge is 2.54. The van der Waals surface area contributed by atoms with Gasteiger partial charge in [-0.1, -0.05) is 18.2 Å². The monoisotopic (exact) mass is 159 g/mol. The van der Waals surface area contributed by atoms with Crippen LogP contribution in [0.5, 0.6) is 0 Å². The summed E-state index contributed by atoms with van der Waals surface area (Å²) in [7, 11) is 0. The Morgan fingerprint density at radius 1 is 1.83 bits per heavy atom. The number of aliphatic imine (C=N–C) groups is 1. The third kappa shape index (κ3) is 0.765. The fourth-order valence-electron chi connectivity index (χ4n) is 1.99. The number of allylic oxidation sites excluding steroid dienone is 3. The van der Waals surface area contributed by atoms with Crippen molar-refractivity contribution in [2.24, 2.45) is 16.3 Å². The van der Waals surface area contributed by atoms with Crippen LogP contribution in [0, 0.1) is 11.3 Å². The van der Waals surface area contributed by atoms with Gasteiger partial charge in [0.25, 0.3) is 0 Å². The maximum Gasteiger partial charge on any atom is 0.0307 e. The first-order chi connectivity index (χ1) is 5.70. The molecule has 0 N–H and O–H groups in total. The zero-order chi connectivity index (χ0) is 8.77. The molecule has 1 heteroatoms. The summed E-state index contributed by atoms with van der Waals surface area (Å²) in [4.78, 5) is 4.20. The third-order valence-corrected chi connectivity index (χ3v) is 2.85. The van der Waals surface area contributed by atoms with Gasteiger partial charge >= 0.3 is 0 Å². The SMILES string of the molecule is C=CC12CC1C=NC=C2C(=C)C. The molecule has 0 bridgehead atoms. The highest BCUT2D eigenvalue weighted by atomic mass is 14.8. The lowest BCUT2D eigenvalue weighted by Crippen LogP contribution is -2.08. The first-order valence-corrected chi connectivity index (χ1v) is 4.24. The van der Waals surface area contributed by atoms with Gasteiger partial charge in [0, 0.05) is 23.7 Å². The number of fused-ring (bicyclic) bond motifs is 1. The normalized spacial score (nSPS) is 36.8. The summed E-state index contributed by atoms with van der Waals surface area (Å²) in [5.41, 5.74) is 2.59. The standard InChI is InChI=1S/C11H13N/c1-4-11-5-9(11)6-12-7-10(11)8(2)3/h4,6-7,9H,1-2,5H2,3H3. The van der Waals surface area contributed by atoms with E-state index in [4.69, 9.17) is 0 Å². The van der Waals surface area contributed by atoms with Crippen molar-refractivity contribution in [3.63, 3.8) is 0 Å². The van der Waals surface area contributed by atoms with Gasteiger partial charge < -0.3 is 0 Å². The van der Waals surface area contributed by atoms with Crippen LogP contribution in [0.1, 0.15) is 13.3 Å². The molecule has 0 spiro atoms. The van der Waals surface area contributed by atoms with E-state index >= 15 is 0 Å². The minimum atomic E-state index is 0.202. The van der Waals surface area contributed by atoms with E-state index in [2.05, 4.69) is 18.2 Å². The van der Waals surface area contributed by atoms with E-state index in [-0.39, 0.29) is 5.41 Å². The zero-order valence-electron chi connectivity index (χ0n) is 7.38. The van der Waals surface area contributed by atoms with Gasteiger partial charge in [0.15, 0.2) is 0 Å². The molecule has 2 unspecified atom stereocenters. The molecule has 1 heterocycles. The molecule has 0 radical (unpaired) electrons. The van der Waals surface area contributed by atoms with Crippen LogP contribution in [0.2, 0.25) is 0 Å². The molecule has 12 heavy (non-hydrogen) atoms. The number of hydrogen-bond donors (Lipinski definition) is 0. The first kappa shape index (κ1) is 7.53. The Labute approximate surface area is 73.2 Å². The summed E-state index contributed by atoms with van der Waals surface area (Å²) >= 11 is 0. The minimum Gasteiger partial charge on any atom is -0.268 e. The molecule has 62 valence electrons. The molecule has 0 aromatic rings. The van der Waals surface area contributed by atoms with Crippen molar-refractivity contribution < 1.29 is 0 Å². The molecule has 1 saturated carbocycles. The maximum absolute atomic E-state index is 4.20. The minimum absolute atomic E-state index is 0.202. The molecule has 1 nitrogen and oxygen atoms in total. The Morgan fingerprint density at radius 2 is 2.58 bits per heavy atom. The Kier molecular flexibility index (Phi) is 1.38. The third-order valence-electron chi connectivity index (χ3n) is 2.85. The quantitative estimate of drug-likeness (QED) is 0.549. The summed E-state index contributed by atoms with van der Waals surface area (Å²) in [6.07, 6.45) is 7.16. The summed E-state index contributed by atoms with van der Waals surface area (Å²) in [6.45, 7) is 9.88. The lowest BCUT2D eigenvalue weighted by Gasteiger charge is -2.17. The van der Waals surface area contributed by atoms with Gasteiger partial charge in [-0.3, -0.25) is 4.99 Å². The highest BCUT2D eigenvalue weighted by molar-refractivity contribution is 5.74. The molecule has 2 rings (SSSR count). The molecular formula is C11H13N. The molecule has 0 amide bonds. The molecule has 1 aliphatic heterocycles. The zero-order valence-corrected chi connectivity index (χ0v) is 7.38. The van der Waals surface area contributed by atoms with Gasteiger partial charge in [0.1, 0.15) is 0 Å². The van der Waals surface area contributed by atoms with Gasteiger partial charge in [-0.25, -0.2) is 0 Å². The number of nitrogens with zero attached hydrogens (tertiary/aromatic N) is 1. The second-order valence-corrected chi connectivity index (χ2v) is 3.68. The van der Waals surface area contributed by atoms with Crippen molar-refractivity contribution in [3.8, 4) is 0 Å². The van der Waals surface area contributed by atoms with Gasteiger partial charge in [0.2, 0.25) is 0 Å². The lowest BCUT2D eigenvalue weighted by molar-refractivity contribution is 0.750. The summed E-state index contributed by atoms with van der Waals surface area (Å²) in [5, 5.41) is 0. The second-order valence-electron chi connectivity index (χ2n) is 3.68. The molecule has 2 atom stereocenters. The van der Waals surface area contributed by atoms with Gasteiger partial charge in [-0.2, -0.15) is 0 Å². The van der Waals surface area contributed by atoms with Gasteiger partial charge in [-0.05, 0) is 18.9 Å². The average Bonchev–Trinajstić information content (AvgIpc) is 2.77. The van der Waals surface area contributed by atoms with Crippen LogP contribution < -0.4 is 0 Å². The van der Waals surface area contributed by atoms with Crippen LogP contribution in [0.25, 0.3) is 0 Å². The van der Waals surface area contributed by atoms with Gasteiger partial charge in [-0.15, -0.1) is 6.58 Å². The van der Waals surface area contributed by atoms with Gasteiger partial charge in [0.05, 0.1) is 0 Å². The van der Waals surface area contributed by atoms with Crippen LogP contribution in [0.3, 0.4) is 0 Å². The predicted octanol–water partition coefficient (Wildman–Crippen LogP) is 2.72. The van der Waals surface area contributed by atoms with E-state index in [0.717, 1.165) is 5.57 Å². The molecule has 1 fully saturated rings. The topological polar surface area (TPSA) is 12.4 Å². The Bertz CT molecular complexity index is 309. The summed E-state index contributed by atoms with van der Waals surface area (Å²) < 4.78 is 0. The maximum atomic E-state index is 4.20. The van der Waals surface area contributed by atoms with Crippen LogP contribution in [0.15, 0.2) is 41.6 Å². The molecular weight excluding hydrogens is 146 g/mol. The lowest BCUT2D eigenvalue weighted by atomic mass is 9.88. The number of rotatable bonds is 2. The van der Waals surface area contributed by atoms with Crippen molar-refractivity contribution in [1.82, 2.24) is 0 Å². The average molecular weight is 159 g/mol. The predicted molar refractivity (Wildman–Crippen MR) is 52.1 cm³/mol. The van der Waals surface area contributed by atoms with Crippen LogP contribution in [-0.2, 0) is 0 Å². The molecule has 1 aliphatic carbocycles. The van der Waals surface area contributed by atoms with Crippen molar-refractivity contribution >= 4 is 6.21 Å². The Balaban J connectivity index is 2.42. The van der Waals surface area contributed by atoms with Crippen molar-refractivity contribution in [2.75, 3.05) is 0 Å². The largest absolute Gasteiger partial charge is 0.268 e. The van der Waals surface area contributed by atoms with E-state index in [1.54, 1.807) is 0 Å². The van der Waals surface area contributed by atoms with E-state index in [1.807, 2.05) is 25.4 Å². The van der Waals surface area contributed by atoms with E-state index in [9.17, 15) is 0 Å². The molecule has 0 aromatic heterocycles. The van der Waals surface area contributed by atoms with E-state index in [1.165, 1.54) is 12.0 Å². The molecule has 0 aromatic carbocycles. The summed E-state index contributed by atoms with van der Waals surface area (Å²) in [6, 6.07) is 0. The molecule has 2 aliphatic rings. The highest BCUT2D eigenvalue weighted by Crippen LogP contribution is 2.60.